The van der Waals surface area contributed by atoms with E-state index in [0.29, 0.717) is 40.8 Å². The maximum atomic E-state index is 15.3. The minimum atomic E-state index is -0.530. The largest absolute Gasteiger partial charge is 0.447 e. The first kappa shape index (κ1) is 21.3. The van der Waals surface area contributed by atoms with Gasteiger partial charge in [0.05, 0.1) is 17.1 Å². The third-order valence-corrected chi connectivity index (χ3v) is 6.45. The van der Waals surface area contributed by atoms with Gasteiger partial charge < -0.3 is 9.32 Å². The Morgan fingerprint density at radius 1 is 1.11 bits per heavy atom. The molecule has 0 radical (unpaired) electrons. The van der Waals surface area contributed by atoms with Crippen LogP contribution in [0.1, 0.15) is 43.1 Å². The van der Waals surface area contributed by atoms with Gasteiger partial charge in [0.25, 0.3) is 5.78 Å². The average Bonchev–Trinajstić information content (AvgIpc) is 3.53. The van der Waals surface area contributed by atoms with Gasteiger partial charge in [0.1, 0.15) is 29.1 Å². The van der Waals surface area contributed by atoms with Gasteiger partial charge in [0.15, 0.2) is 0 Å². The molecule has 6 rings (SSSR count). The molecule has 0 aliphatic carbocycles. The zero-order chi connectivity index (χ0) is 24.2. The molecule has 7 nitrogen and oxygen atoms in total. The number of benzene rings is 2. The molecule has 1 aliphatic rings. The summed E-state index contributed by atoms with van der Waals surface area (Å²) in [5.74, 6) is 8.61. The standard InChI is InChI=1S/C27H23FN6O/c1-17-31-32-26-30-24(23-20(28)9-5-11-22(23)34(17)26)33-15-6-8-19-18(7-4-10-21(19)33)12-13-27(2,3)25-29-14-16-35-25/h4-5,7,9-11,14,16H,6,8,15H2,1-3H3. The number of halogens is 1. The minimum absolute atomic E-state index is 0.323. The lowest BCUT2D eigenvalue weighted by molar-refractivity contribution is 0.429. The van der Waals surface area contributed by atoms with Gasteiger partial charge in [-0.1, -0.05) is 24.0 Å². The summed E-state index contributed by atoms with van der Waals surface area (Å²) in [6.07, 6.45) is 4.96. The molecule has 2 aromatic carbocycles. The molecule has 0 spiro atoms. The maximum Gasteiger partial charge on any atom is 0.257 e. The van der Waals surface area contributed by atoms with Crippen molar-refractivity contribution in [3.05, 3.63) is 77.5 Å². The molecule has 0 saturated carbocycles. The van der Waals surface area contributed by atoms with Gasteiger partial charge in [0.2, 0.25) is 5.89 Å². The fourth-order valence-electron chi connectivity index (χ4n) is 4.74. The van der Waals surface area contributed by atoms with E-state index in [2.05, 4.69) is 31.9 Å². The second-order valence-corrected chi connectivity index (χ2v) is 9.22. The monoisotopic (exact) mass is 466 g/mol. The first-order valence-electron chi connectivity index (χ1n) is 11.6. The van der Waals surface area contributed by atoms with Crippen molar-refractivity contribution in [2.75, 3.05) is 11.4 Å². The Bertz CT molecular complexity index is 1640. The van der Waals surface area contributed by atoms with Crippen molar-refractivity contribution < 1.29 is 8.81 Å². The van der Waals surface area contributed by atoms with Gasteiger partial charge in [-0.2, -0.15) is 4.98 Å². The summed E-state index contributed by atoms with van der Waals surface area (Å²) in [4.78, 5) is 11.1. The molecule has 3 aromatic heterocycles. The first-order chi connectivity index (χ1) is 16.9. The highest BCUT2D eigenvalue weighted by molar-refractivity contribution is 5.94. The Balaban J connectivity index is 1.51. The lowest BCUT2D eigenvalue weighted by atomic mass is 9.92. The van der Waals surface area contributed by atoms with Crippen LogP contribution >= 0.6 is 0 Å². The molecule has 4 heterocycles. The highest BCUT2D eigenvalue weighted by Gasteiger charge is 2.27. The summed E-state index contributed by atoms with van der Waals surface area (Å²) in [6.45, 7) is 6.53. The molecule has 1 aliphatic heterocycles. The van der Waals surface area contributed by atoms with E-state index in [-0.39, 0.29) is 5.82 Å². The number of nitrogens with zero attached hydrogens (tertiary/aromatic N) is 6. The summed E-state index contributed by atoms with van der Waals surface area (Å²) in [5.41, 5.74) is 3.21. The second kappa shape index (κ2) is 7.91. The molecule has 0 amide bonds. The van der Waals surface area contributed by atoms with Crippen molar-refractivity contribution in [3.8, 4) is 11.8 Å². The van der Waals surface area contributed by atoms with E-state index in [1.807, 2.05) is 45.0 Å². The van der Waals surface area contributed by atoms with Gasteiger partial charge in [-0.3, -0.25) is 4.40 Å². The topological polar surface area (TPSA) is 72.3 Å². The molecule has 0 N–H and O–H groups in total. The van der Waals surface area contributed by atoms with E-state index in [4.69, 9.17) is 9.40 Å². The third kappa shape index (κ3) is 3.43. The first-order valence-corrected chi connectivity index (χ1v) is 11.6. The van der Waals surface area contributed by atoms with Gasteiger partial charge in [-0.05, 0) is 63.4 Å². The van der Waals surface area contributed by atoms with Crippen LogP contribution in [0.2, 0.25) is 0 Å². The molecule has 8 heteroatoms. The number of aromatic nitrogens is 5. The number of hydrogen-bond donors (Lipinski definition) is 0. The van der Waals surface area contributed by atoms with Crippen molar-refractivity contribution >= 4 is 28.2 Å². The number of hydrogen-bond acceptors (Lipinski definition) is 6. The van der Waals surface area contributed by atoms with E-state index >= 15 is 4.39 Å². The second-order valence-electron chi connectivity index (χ2n) is 9.22. The fraction of sp³-hybridized carbons (Fsp3) is 0.259. The molecular formula is C27H23FN6O. The highest BCUT2D eigenvalue weighted by Crippen LogP contribution is 2.38. The van der Waals surface area contributed by atoms with Crippen molar-refractivity contribution in [1.29, 1.82) is 0 Å². The Morgan fingerprint density at radius 3 is 2.80 bits per heavy atom. The number of fused-ring (bicyclic) bond motifs is 4. The van der Waals surface area contributed by atoms with Crippen LogP contribution in [0.4, 0.5) is 15.9 Å². The van der Waals surface area contributed by atoms with E-state index < -0.39 is 5.41 Å². The van der Waals surface area contributed by atoms with E-state index in [1.165, 1.54) is 6.07 Å². The normalized spacial score (nSPS) is 13.7. The lowest BCUT2D eigenvalue weighted by Crippen LogP contribution is -2.26. The maximum absolute atomic E-state index is 15.3. The quantitative estimate of drug-likeness (QED) is 0.336. The molecule has 0 fully saturated rings. The summed E-state index contributed by atoms with van der Waals surface area (Å²) in [6, 6.07) is 11.1. The predicted octanol–water partition coefficient (Wildman–Crippen LogP) is 5.13. The van der Waals surface area contributed by atoms with Crippen molar-refractivity contribution in [2.45, 2.75) is 39.0 Å². The Labute approximate surface area is 201 Å². The Morgan fingerprint density at radius 2 is 1.97 bits per heavy atom. The van der Waals surface area contributed by atoms with E-state index in [1.54, 1.807) is 22.9 Å². The molecule has 0 bridgehead atoms. The number of anilines is 2. The fourth-order valence-corrected chi connectivity index (χ4v) is 4.74. The van der Waals surface area contributed by atoms with Gasteiger partial charge >= 0.3 is 0 Å². The summed E-state index contributed by atoms with van der Waals surface area (Å²) in [7, 11) is 0. The smallest absolute Gasteiger partial charge is 0.257 e. The summed E-state index contributed by atoms with van der Waals surface area (Å²) in [5, 5.41) is 8.85. The molecule has 0 atom stereocenters. The molecule has 35 heavy (non-hydrogen) atoms. The SMILES string of the molecule is Cc1nnc2nc(N3CCCc4c(C#CC(C)(C)c5ncco5)cccc43)c3c(F)cccc3n12. The van der Waals surface area contributed by atoms with Crippen LogP contribution in [0.5, 0.6) is 0 Å². The van der Waals surface area contributed by atoms with Crippen molar-refractivity contribution in [3.63, 3.8) is 0 Å². The zero-order valence-electron chi connectivity index (χ0n) is 19.7. The van der Waals surface area contributed by atoms with Crippen molar-refractivity contribution in [1.82, 2.24) is 24.6 Å². The average molecular weight is 467 g/mol. The van der Waals surface area contributed by atoms with Crippen molar-refractivity contribution in [2.24, 2.45) is 0 Å². The Kier molecular flexibility index (Phi) is 4.81. The predicted molar refractivity (Wildman–Crippen MR) is 131 cm³/mol. The molecular weight excluding hydrogens is 443 g/mol. The number of rotatable bonds is 2. The van der Waals surface area contributed by atoms with Crippen LogP contribution in [-0.4, -0.2) is 31.1 Å². The summed E-state index contributed by atoms with van der Waals surface area (Å²) < 4.78 is 22.5. The molecule has 0 saturated heterocycles. The van der Waals surface area contributed by atoms with Gasteiger partial charge in [0, 0.05) is 17.8 Å². The molecule has 174 valence electrons. The zero-order valence-corrected chi connectivity index (χ0v) is 19.7. The molecule has 0 unspecified atom stereocenters. The van der Waals surface area contributed by atoms with Crippen LogP contribution < -0.4 is 4.90 Å². The summed E-state index contributed by atoms with van der Waals surface area (Å²) >= 11 is 0. The van der Waals surface area contributed by atoms with Crippen LogP contribution in [0.15, 0.2) is 53.3 Å². The lowest BCUT2D eigenvalue weighted by Gasteiger charge is -2.32. The van der Waals surface area contributed by atoms with Crippen LogP contribution in [0.25, 0.3) is 16.7 Å². The van der Waals surface area contributed by atoms with E-state index in [0.717, 1.165) is 29.7 Å². The number of aryl methyl sites for hydroxylation is 1. The van der Waals surface area contributed by atoms with Crippen LogP contribution in [-0.2, 0) is 11.8 Å². The Hall–Kier alpha value is -4.25. The van der Waals surface area contributed by atoms with Crippen LogP contribution in [0, 0.1) is 24.6 Å². The highest BCUT2D eigenvalue weighted by atomic mass is 19.1. The van der Waals surface area contributed by atoms with Gasteiger partial charge in [-0.15, -0.1) is 10.2 Å². The van der Waals surface area contributed by atoms with E-state index in [9.17, 15) is 0 Å². The van der Waals surface area contributed by atoms with Crippen LogP contribution in [0.3, 0.4) is 0 Å². The third-order valence-electron chi connectivity index (χ3n) is 6.45. The van der Waals surface area contributed by atoms with Gasteiger partial charge in [-0.25, -0.2) is 9.37 Å². The number of oxazole rings is 1. The minimum Gasteiger partial charge on any atom is -0.447 e. The molecule has 5 aromatic rings.